The van der Waals surface area contributed by atoms with Gasteiger partial charge in [-0.3, -0.25) is 4.79 Å². The molecular weight excluding hydrogens is 334 g/mol. The third-order valence-electron chi connectivity index (χ3n) is 3.37. The monoisotopic (exact) mass is 352 g/mol. The summed E-state index contributed by atoms with van der Waals surface area (Å²) in [5.74, 6) is -0.822. The van der Waals surface area contributed by atoms with E-state index in [-0.39, 0.29) is 36.0 Å². The summed E-state index contributed by atoms with van der Waals surface area (Å²) < 4.78 is 24.0. The van der Waals surface area contributed by atoms with Crippen molar-refractivity contribution < 1.29 is 18.7 Å². The second-order valence-electron chi connectivity index (χ2n) is 4.93. The number of halogens is 3. The number of carbonyl (C=O) groups excluding carboxylic acids is 1. The third kappa shape index (κ3) is 4.54. The minimum atomic E-state index is -0.738. The molecule has 1 aliphatic heterocycles. The Morgan fingerprint density at radius 1 is 1.64 bits per heavy atom. The lowest BCUT2D eigenvalue weighted by Crippen LogP contribution is -2.48. The maximum Gasteiger partial charge on any atom is 0.239 e. The van der Waals surface area contributed by atoms with Crippen LogP contribution in [0, 0.1) is 5.82 Å². The van der Waals surface area contributed by atoms with Crippen molar-refractivity contribution in [2.24, 2.45) is 5.73 Å². The maximum atomic E-state index is 13.5. The van der Waals surface area contributed by atoms with Gasteiger partial charge in [-0.25, -0.2) is 4.39 Å². The van der Waals surface area contributed by atoms with Crippen molar-refractivity contribution in [3.63, 3.8) is 0 Å². The van der Waals surface area contributed by atoms with Crippen molar-refractivity contribution in [1.29, 1.82) is 0 Å². The Balaban J connectivity index is 0.00000242. The molecule has 0 saturated carbocycles. The zero-order valence-electron chi connectivity index (χ0n) is 12.1. The van der Waals surface area contributed by atoms with Crippen LogP contribution in [0.15, 0.2) is 18.2 Å². The van der Waals surface area contributed by atoms with Crippen LogP contribution in [0.4, 0.5) is 4.39 Å². The predicted octanol–water partition coefficient (Wildman–Crippen LogP) is 1.82. The van der Waals surface area contributed by atoms with Crippen LogP contribution in [0.2, 0.25) is 5.02 Å². The number of benzene rings is 1. The number of amides is 1. The van der Waals surface area contributed by atoms with Crippen LogP contribution in [0.3, 0.4) is 0 Å². The highest BCUT2D eigenvalue weighted by molar-refractivity contribution is 6.30. The number of hydrogen-bond acceptors (Lipinski definition) is 4. The number of nitrogens with one attached hydrogen (secondary N) is 1. The fourth-order valence-electron chi connectivity index (χ4n) is 2.30. The lowest BCUT2D eigenvalue weighted by molar-refractivity contribution is -0.124. The van der Waals surface area contributed by atoms with Crippen molar-refractivity contribution in [2.75, 3.05) is 20.3 Å². The summed E-state index contributed by atoms with van der Waals surface area (Å²) in [6.07, 6.45) is 0.232. The van der Waals surface area contributed by atoms with Crippen molar-refractivity contribution in [3.8, 4) is 0 Å². The predicted molar refractivity (Wildman–Crippen MR) is 83.8 cm³/mol. The lowest BCUT2D eigenvalue weighted by atomic mass is 10.0. The molecule has 3 N–H and O–H groups in total. The first-order chi connectivity index (χ1) is 10.0. The van der Waals surface area contributed by atoms with Crippen molar-refractivity contribution >= 4 is 29.9 Å². The second kappa shape index (κ2) is 8.64. The largest absolute Gasteiger partial charge is 0.383 e. The Hall–Kier alpha value is -0.920. The first-order valence-electron chi connectivity index (χ1n) is 6.64. The number of carbonyl (C=O) groups is 1. The van der Waals surface area contributed by atoms with Gasteiger partial charge in [0.2, 0.25) is 5.91 Å². The summed E-state index contributed by atoms with van der Waals surface area (Å²) in [6, 6.07) is 3.50. The molecule has 124 valence electrons. The first kappa shape index (κ1) is 19.1. The second-order valence-corrected chi connectivity index (χ2v) is 5.34. The Morgan fingerprint density at radius 3 is 3.00 bits per heavy atom. The van der Waals surface area contributed by atoms with E-state index >= 15 is 0 Å². The highest BCUT2D eigenvalue weighted by atomic mass is 35.5. The SMILES string of the molecule is COCC(N)C(=O)NC1CCOC1c1ccc(Cl)c(F)c1.Cl. The van der Waals surface area contributed by atoms with Gasteiger partial charge in [0.1, 0.15) is 18.0 Å². The van der Waals surface area contributed by atoms with Gasteiger partial charge < -0.3 is 20.5 Å². The topological polar surface area (TPSA) is 73.6 Å². The Morgan fingerprint density at radius 2 is 2.36 bits per heavy atom. The van der Waals surface area contributed by atoms with Gasteiger partial charge in [0.05, 0.1) is 17.7 Å². The van der Waals surface area contributed by atoms with Crippen LogP contribution >= 0.6 is 24.0 Å². The minimum absolute atomic E-state index is 0. The van der Waals surface area contributed by atoms with Gasteiger partial charge in [0.25, 0.3) is 0 Å². The Bertz CT molecular complexity index is 519. The molecular formula is C14H19Cl2FN2O3. The van der Waals surface area contributed by atoms with Gasteiger partial charge in [-0.15, -0.1) is 12.4 Å². The van der Waals surface area contributed by atoms with Crippen molar-refractivity contribution in [3.05, 3.63) is 34.6 Å². The smallest absolute Gasteiger partial charge is 0.239 e. The summed E-state index contributed by atoms with van der Waals surface area (Å²) in [7, 11) is 1.48. The van der Waals surface area contributed by atoms with E-state index in [2.05, 4.69) is 5.32 Å². The molecule has 22 heavy (non-hydrogen) atoms. The van der Waals surface area contributed by atoms with E-state index in [0.717, 1.165) is 0 Å². The van der Waals surface area contributed by atoms with E-state index in [1.807, 2.05) is 0 Å². The standard InChI is InChI=1S/C14H18ClFN2O3.ClH/c1-20-7-11(17)14(19)18-12-4-5-21-13(12)8-2-3-9(15)10(16)6-8;/h2-3,6,11-13H,4-5,7,17H2,1H3,(H,18,19);1H. The molecule has 0 radical (unpaired) electrons. The van der Waals surface area contributed by atoms with E-state index in [1.165, 1.54) is 19.2 Å². The zero-order valence-corrected chi connectivity index (χ0v) is 13.6. The highest BCUT2D eigenvalue weighted by Crippen LogP contribution is 2.31. The molecule has 1 aromatic carbocycles. The van der Waals surface area contributed by atoms with E-state index < -0.39 is 18.0 Å². The number of hydrogen-bond donors (Lipinski definition) is 2. The molecule has 1 saturated heterocycles. The van der Waals surface area contributed by atoms with Crippen LogP contribution < -0.4 is 11.1 Å². The number of ether oxygens (including phenoxy) is 2. The van der Waals surface area contributed by atoms with Gasteiger partial charge >= 0.3 is 0 Å². The van der Waals surface area contributed by atoms with E-state index in [0.29, 0.717) is 18.6 Å². The Kier molecular flexibility index (Phi) is 7.52. The van der Waals surface area contributed by atoms with Crippen LogP contribution in [0.5, 0.6) is 0 Å². The minimum Gasteiger partial charge on any atom is -0.383 e. The number of nitrogens with two attached hydrogens (primary N) is 1. The average molecular weight is 353 g/mol. The zero-order chi connectivity index (χ0) is 15.4. The van der Waals surface area contributed by atoms with Gasteiger partial charge in [-0.1, -0.05) is 17.7 Å². The summed E-state index contributed by atoms with van der Waals surface area (Å²) >= 11 is 5.67. The highest BCUT2D eigenvalue weighted by Gasteiger charge is 2.32. The molecule has 0 aromatic heterocycles. The summed E-state index contributed by atoms with van der Waals surface area (Å²) in [4.78, 5) is 11.9. The van der Waals surface area contributed by atoms with Gasteiger partial charge in [-0.2, -0.15) is 0 Å². The molecule has 1 amide bonds. The average Bonchev–Trinajstić information content (AvgIpc) is 2.90. The molecule has 2 rings (SSSR count). The number of rotatable bonds is 5. The van der Waals surface area contributed by atoms with Crippen LogP contribution in [0.1, 0.15) is 18.1 Å². The summed E-state index contributed by atoms with van der Waals surface area (Å²) in [6.45, 7) is 0.624. The number of methoxy groups -OCH3 is 1. The fourth-order valence-corrected chi connectivity index (χ4v) is 2.42. The lowest BCUT2D eigenvalue weighted by Gasteiger charge is -2.22. The molecule has 1 aliphatic rings. The molecule has 0 bridgehead atoms. The van der Waals surface area contributed by atoms with E-state index in [4.69, 9.17) is 26.8 Å². The maximum absolute atomic E-state index is 13.5. The molecule has 1 fully saturated rings. The third-order valence-corrected chi connectivity index (χ3v) is 3.68. The summed E-state index contributed by atoms with van der Waals surface area (Å²) in [5, 5.41) is 2.88. The first-order valence-corrected chi connectivity index (χ1v) is 7.02. The van der Waals surface area contributed by atoms with Gasteiger partial charge in [0.15, 0.2) is 0 Å². The van der Waals surface area contributed by atoms with Crippen molar-refractivity contribution in [1.82, 2.24) is 5.32 Å². The van der Waals surface area contributed by atoms with Crippen LogP contribution in [-0.2, 0) is 14.3 Å². The molecule has 1 heterocycles. The quantitative estimate of drug-likeness (QED) is 0.847. The van der Waals surface area contributed by atoms with Gasteiger partial charge in [0, 0.05) is 13.7 Å². The van der Waals surface area contributed by atoms with Crippen molar-refractivity contribution in [2.45, 2.75) is 24.6 Å². The molecule has 5 nitrogen and oxygen atoms in total. The molecule has 0 spiro atoms. The van der Waals surface area contributed by atoms with Gasteiger partial charge in [-0.05, 0) is 24.1 Å². The molecule has 8 heteroatoms. The summed E-state index contributed by atoms with van der Waals surface area (Å²) in [5.41, 5.74) is 6.32. The van der Waals surface area contributed by atoms with E-state index in [9.17, 15) is 9.18 Å². The molecule has 0 aliphatic carbocycles. The molecule has 3 atom stereocenters. The van der Waals surface area contributed by atoms with Crippen LogP contribution in [0.25, 0.3) is 0 Å². The molecule has 3 unspecified atom stereocenters. The van der Waals surface area contributed by atoms with E-state index in [1.54, 1.807) is 6.07 Å². The normalized spacial score (nSPS) is 22.0. The molecule has 1 aromatic rings. The van der Waals surface area contributed by atoms with Crippen LogP contribution in [-0.4, -0.2) is 38.3 Å². The Labute approximate surface area is 139 Å². The fraction of sp³-hybridized carbons (Fsp3) is 0.500.